The SMILES string of the molecule is C=CCNc1nnc(SCc2csc(-c3ccc(C(F)(F)F)cc3)n2)s1. The number of thiazole rings is 1. The Morgan fingerprint density at radius 1 is 1.19 bits per heavy atom. The van der Waals surface area contributed by atoms with E-state index in [1.54, 1.807) is 6.08 Å². The second kappa shape index (κ2) is 8.19. The highest BCUT2D eigenvalue weighted by atomic mass is 32.2. The van der Waals surface area contributed by atoms with Gasteiger partial charge in [-0.25, -0.2) is 4.98 Å². The highest BCUT2D eigenvalue weighted by Crippen LogP contribution is 2.33. The molecule has 0 amide bonds. The summed E-state index contributed by atoms with van der Waals surface area (Å²) in [6.07, 6.45) is -2.59. The first kappa shape index (κ1) is 18.9. The maximum atomic E-state index is 12.6. The number of hydrogen-bond acceptors (Lipinski definition) is 7. The van der Waals surface area contributed by atoms with E-state index in [4.69, 9.17) is 0 Å². The Kier molecular flexibility index (Phi) is 5.94. The van der Waals surface area contributed by atoms with Crippen molar-refractivity contribution < 1.29 is 13.2 Å². The maximum Gasteiger partial charge on any atom is 0.416 e. The van der Waals surface area contributed by atoms with Crippen molar-refractivity contribution in [1.82, 2.24) is 15.2 Å². The quantitative estimate of drug-likeness (QED) is 0.405. The van der Waals surface area contributed by atoms with E-state index < -0.39 is 11.7 Å². The molecule has 136 valence electrons. The van der Waals surface area contributed by atoms with Gasteiger partial charge in [0.1, 0.15) is 5.01 Å². The Hall–Kier alpha value is -1.91. The van der Waals surface area contributed by atoms with Crippen LogP contribution < -0.4 is 5.32 Å². The zero-order chi connectivity index (χ0) is 18.6. The summed E-state index contributed by atoms with van der Waals surface area (Å²) in [7, 11) is 0. The topological polar surface area (TPSA) is 50.7 Å². The number of nitrogens with one attached hydrogen (secondary N) is 1. The van der Waals surface area contributed by atoms with Crippen molar-refractivity contribution in [2.75, 3.05) is 11.9 Å². The van der Waals surface area contributed by atoms with E-state index in [0.717, 1.165) is 27.3 Å². The van der Waals surface area contributed by atoms with Crippen molar-refractivity contribution in [2.24, 2.45) is 0 Å². The van der Waals surface area contributed by atoms with Crippen LogP contribution in [0.25, 0.3) is 10.6 Å². The average Bonchev–Trinajstić information content (AvgIpc) is 3.27. The molecule has 0 aliphatic heterocycles. The number of benzene rings is 1. The minimum atomic E-state index is -4.33. The first-order chi connectivity index (χ1) is 12.5. The Morgan fingerprint density at radius 3 is 2.65 bits per heavy atom. The predicted molar refractivity (Wildman–Crippen MR) is 101 cm³/mol. The summed E-state index contributed by atoms with van der Waals surface area (Å²) in [6.45, 7) is 4.26. The molecule has 3 rings (SSSR count). The fraction of sp³-hybridized carbons (Fsp3) is 0.188. The highest BCUT2D eigenvalue weighted by molar-refractivity contribution is 8.00. The predicted octanol–water partition coefficient (Wildman–Crippen LogP) is 5.57. The van der Waals surface area contributed by atoms with Crippen LogP contribution in [0.5, 0.6) is 0 Å². The Bertz CT molecular complexity index is 871. The molecule has 2 heterocycles. The van der Waals surface area contributed by atoms with Crippen molar-refractivity contribution in [3.8, 4) is 10.6 Å². The lowest BCUT2D eigenvalue weighted by Gasteiger charge is -2.06. The van der Waals surface area contributed by atoms with Crippen molar-refractivity contribution in [3.63, 3.8) is 0 Å². The number of rotatable bonds is 7. The summed E-state index contributed by atoms with van der Waals surface area (Å²) in [5.74, 6) is 0.618. The lowest BCUT2D eigenvalue weighted by molar-refractivity contribution is -0.137. The van der Waals surface area contributed by atoms with Gasteiger partial charge in [0.2, 0.25) is 5.13 Å². The van der Waals surface area contributed by atoms with Crippen LogP contribution in [0.4, 0.5) is 18.3 Å². The summed E-state index contributed by atoms with van der Waals surface area (Å²) in [5, 5.41) is 14.5. The number of anilines is 1. The van der Waals surface area contributed by atoms with Crippen LogP contribution in [0.15, 0.2) is 46.6 Å². The lowest BCUT2D eigenvalue weighted by atomic mass is 10.1. The molecule has 2 aromatic heterocycles. The molecule has 1 N–H and O–H groups in total. The van der Waals surface area contributed by atoms with Crippen molar-refractivity contribution in [3.05, 3.63) is 53.6 Å². The van der Waals surface area contributed by atoms with Crippen LogP contribution in [-0.4, -0.2) is 21.7 Å². The molecule has 10 heteroatoms. The van der Waals surface area contributed by atoms with Crippen LogP contribution in [0.2, 0.25) is 0 Å². The number of hydrogen-bond donors (Lipinski definition) is 1. The molecule has 0 spiro atoms. The molecular weight excluding hydrogens is 401 g/mol. The number of nitrogens with zero attached hydrogens (tertiary/aromatic N) is 3. The van der Waals surface area contributed by atoms with E-state index in [9.17, 15) is 13.2 Å². The van der Waals surface area contributed by atoms with Crippen molar-refractivity contribution in [1.29, 1.82) is 0 Å². The lowest BCUT2D eigenvalue weighted by Crippen LogP contribution is -2.03. The minimum absolute atomic E-state index is 0.618. The maximum absolute atomic E-state index is 12.6. The second-order valence-electron chi connectivity index (χ2n) is 5.05. The molecule has 0 saturated heterocycles. The zero-order valence-electron chi connectivity index (χ0n) is 13.3. The minimum Gasteiger partial charge on any atom is -0.357 e. The first-order valence-electron chi connectivity index (χ1n) is 7.39. The Labute approximate surface area is 160 Å². The first-order valence-corrected chi connectivity index (χ1v) is 10.1. The van der Waals surface area contributed by atoms with E-state index in [1.807, 2.05) is 5.38 Å². The third kappa shape index (κ3) is 4.83. The fourth-order valence-corrected chi connectivity index (χ4v) is 4.52. The number of alkyl halides is 3. The van der Waals surface area contributed by atoms with Crippen LogP contribution in [0.3, 0.4) is 0 Å². The second-order valence-corrected chi connectivity index (χ2v) is 8.11. The van der Waals surface area contributed by atoms with Crippen molar-refractivity contribution >= 4 is 39.6 Å². The third-order valence-electron chi connectivity index (χ3n) is 3.16. The fourth-order valence-electron chi connectivity index (χ4n) is 1.94. The van der Waals surface area contributed by atoms with Crippen LogP contribution in [0.1, 0.15) is 11.3 Å². The van der Waals surface area contributed by atoms with Gasteiger partial charge in [0, 0.05) is 23.2 Å². The summed E-state index contributed by atoms with van der Waals surface area (Å²) in [6, 6.07) is 5.04. The molecule has 4 nitrogen and oxygen atoms in total. The number of thioether (sulfide) groups is 1. The van der Waals surface area contributed by atoms with Crippen molar-refractivity contribution in [2.45, 2.75) is 16.3 Å². The molecule has 0 unspecified atom stereocenters. The Balaban J connectivity index is 1.61. The zero-order valence-corrected chi connectivity index (χ0v) is 15.7. The summed E-state index contributed by atoms with van der Waals surface area (Å²) in [4.78, 5) is 4.49. The molecule has 3 aromatic rings. The van der Waals surface area contributed by atoms with Gasteiger partial charge < -0.3 is 5.32 Å². The molecule has 0 saturated carbocycles. The van der Waals surface area contributed by atoms with Gasteiger partial charge in [-0.05, 0) is 12.1 Å². The molecule has 0 aliphatic rings. The van der Waals surface area contributed by atoms with Crippen LogP contribution in [-0.2, 0) is 11.9 Å². The van der Waals surface area contributed by atoms with Gasteiger partial charge in [0.05, 0.1) is 11.3 Å². The largest absolute Gasteiger partial charge is 0.416 e. The highest BCUT2D eigenvalue weighted by Gasteiger charge is 2.30. The van der Waals surface area contributed by atoms with E-state index >= 15 is 0 Å². The third-order valence-corrected chi connectivity index (χ3v) is 6.15. The smallest absolute Gasteiger partial charge is 0.357 e. The molecule has 0 aliphatic carbocycles. The standard InChI is InChI=1S/C16H13F3N4S3/c1-2-7-20-14-22-23-15(26-14)25-9-12-8-24-13(21-12)10-3-5-11(6-4-10)16(17,18)19/h2-6,8H,1,7,9H2,(H,20,22). The van der Waals surface area contributed by atoms with Crippen LogP contribution >= 0.6 is 34.4 Å². The molecular formula is C16H13F3N4S3. The van der Waals surface area contributed by atoms with E-state index in [1.165, 1.54) is 46.6 Å². The molecule has 0 radical (unpaired) electrons. The summed E-state index contributed by atoms with van der Waals surface area (Å²) < 4.78 is 38.7. The van der Waals surface area contributed by atoms with E-state index in [0.29, 0.717) is 22.9 Å². The van der Waals surface area contributed by atoms with Crippen LogP contribution in [0, 0.1) is 0 Å². The normalized spacial score (nSPS) is 11.5. The van der Waals surface area contributed by atoms with Gasteiger partial charge in [0.25, 0.3) is 0 Å². The van der Waals surface area contributed by atoms with Gasteiger partial charge in [-0.1, -0.05) is 41.3 Å². The van der Waals surface area contributed by atoms with Gasteiger partial charge in [0.15, 0.2) is 4.34 Å². The molecule has 0 fully saturated rings. The van der Waals surface area contributed by atoms with Gasteiger partial charge in [-0.3, -0.25) is 0 Å². The number of aromatic nitrogens is 3. The average molecular weight is 415 g/mol. The van der Waals surface area contributed by atoms with E-state index in [2.05, 4.69) is 27.1 Å². The van der Waals surface area contributed by atoms with Gasteiger partial charge in [-0.15, -0.1) is 28.1 Å². The van der Waals surface area contributed by atoms with Gasteiger partial charge >= 0.3 is 6.18 Å². The molecule has 1 aromatic carbocycles. The Morgan fingerprint density at radius 2 is 1.96 bits per heavy atom. The molecule has 0 bridgehead atoms. The summed E-state index contributed by atoms with van der Waals surface area (Å²) in [5.41, 5.74) is 0.863. The summed E-state index contributed by atoms with van der Waals surface area (Å²) >= 11 is 4.37. The number of halogens is 3. The molecule has 26 heavy (non-hydrogen) atoms. The van der Waals surface area contributed by atoms with Gasteiger partial charge in [-0.2, -0.15) is 13.2 Å². The molecule has 0 atom stereocenters. The van der Waals surface area contributed by atoms with E-state index in [-0.39, 0.29) is 0 Å². The monoisotopic (exact) mass is 414 g/mol.